The summed E-state index contributed by atoms with van der Waals surface area (Å²) in [6.07, 6.45) is 1.07. The van der Waals surface area contributed by atoms with Crippen LogP contribution in [0.5, 0.6) is 0 Å². The third-order valence-electron chi connectivity index (χ3n) is 4.01. The van der Waals surface area contributed by atoms with Crippen LogP contribution in [0.4, 0.5) is 11.4 Å². The molecule has 1 aromatic carbocycles. The first-order valence-corrected chi connectivity index (χ1v) is 7.76. The van der Waals surface area contributed by atoms with Crippen LogP contribution < -0.4 is 5.73 Å². The number of piperidine rings is 1. The van der Waals surface area contributed by atoms with Crippen LogP contribution in [-0.2, 0) is 9.53 Å². The van der Waals surface area contributed by atoms with Gasteiger partial charge < -0.3 is 15.4 Å². The Morgan fingerprint density at radius 3 is 2.54 bits per heavy atom. The highest BCUT2D eigenvalue weighted by Gasteiger charge is 2.26. The molecule has 24 heavy (non-hydrogen) atoms. The molecular weight excluding hydrogens is 314 g/mol. The summed E-state index contributed by atoms with van der Waals surface area (Å²) in [5.41, 5.74) is 5.07. The Morgan fingerprint density at radius 2 is 1.96 bits per heavy atom. The van der Waals surface area contributed by atoms with Crippen LogP contribution in [-0.4, -0.2) is 41.4 Å². The van der Waals surface area contributed by atoms with Crippen molar-refractivity contribution in [3.63, 3.8) is 0 Å². The fraction of sp³-hybridized carbons (Fsp3) is 0.500. The zero-order valence-corrected chi connectivity index (χ0v) is 13.7. The number of nitrogens with zero attached hydrogens (tertiary/aromatic N) is 2. The summed E-state index contributed by atoms with van der Waals surface area (Å²) in [6.45, 7) is 5.07. The molecule has 130 valence electrons. The quantitative estimate of drug-likeness (QED) is 0.388. The van der Waals surface area contributed by atoms with Crippen molar-refractivity contribution in [1.82, 2.24) is 4.90 Å². The summed E-state index contributed by atoms with van der Waals surface area (Å²) in [6, 6.07) is 3.65. The summed E-state index contributed by atoms with van der Waals surface area (Å²) in [7, 11) is 0. The van der Waals surface area contributed by atoms with Gasteiger partial charge in [-0.15, -0.1) is 0 Å². The van der Waals surface area contributed by atoms with Gasteiger partial charge in [-0.05, 0) is 30.4 Å². The van der Waals surface area contributed by atoms with E-state index in [-0.39, 0.29) is 29.5 Å². The number of nitro benzene ring substituents is 1. The average molecular weight is 335 g/mol. The van der Waals surface area contributed by atoms with Gasteiger partial charge in [0, 0.05) is 19.2 Å². The maximum absolute atomic E-state index is 12.2. The first-order valence-electron chi connectivity index (χ1n) is 7.76. The van der Waals surface area contributed by atoms with Crippen LogP contribution in [0.3, 0.4) is 0 Å². The molecule has 1 aromatic rings. The molecule has 8 heteroatoms. The molecule has 1 heterocycles. The van der Waals surface area contributed by atoms with Gasteiger partial charge in [-0.1, -0.05) is 13.8 Å². The number of likely N-dealkylation sites (tertiary alicyclic amines) is 1. The maximum atomic E-state index is 12.2. The van der Waals surface area contributed by atoms with Gasteiger partial charge in [-0.25, -0.2) is 4.79 Å². The smallest absolute Gasteiger partial charge is 0.338 e. The zero-order valence-electron chi connectivity index (χ0n) is 13.7. The summed E-state index contributed by atoms with van der Waals surface area (Å²) in [5.74, 6) is -0.224. The molecule has 0 radical (unpaired) electrons. The third-order valence-corrected chi connectivity index (χ3v) is 4.01. The number of hydrogen-bond acceptors (Lipinski definition) is 6. The van der Waals surface area contributed by atoms with Crippen LogP contribution in [0.2, 0.25) is 0 Å². The topological polar surface area (TPSA) is 116 Å². The minimum atomic E-state index is -0.787. The molecule has 0 saturated carbocycles. The molecule has 2 atom stereocenters. The van der Waals surface area contributed by atoms with Crippen molar-refractivity contribution in [1.29, 1.82) is 0 Å². The number of amides is 1. The van der Waals surface area contributed by atoms with Crippen molar-refractivity contribution in [3.8, 4) is 0 Å². The van der Waals surface area contributed by atoms with Crippen molar-refractivity contribution in [2.75, 3.05) is 25.4 Å². The van der Waals surface area contributed by atoms with Gasteiger partial charge in [0.05, 0.1) is 10.5 Å². The highest BCUT2D eigenvalue weighted by Crippen LogP contribution is 2.23. The number of esters is 1. The van der Waals surface area contributed by atoms with Gasteiger partial charge in [0.15, 0.2) is 6.61 Å². The zero-order chi connectivity index (χ0) is 17.9. The largest absolute Gasteiger partial charge is 0.452 e. The number of hydrogen-bond donors (Lipinski definition) is 1. The van der Waals surface area contributed by atoms with Gasteiger partial charge >= 0.3 is 5.97 Å². The molecule has 2 N–H and O–H groups in total. The number of benzene rings is 1. The molecule has 1 fully saturated rings. The predicted molar refractivity (Wildman–Crippen MR) is 87.3 cm³/mol. The number of carbonyl (C=O) groups is 2. The number of rotatable bonds is 4. The van der Waals surface area contributed by atoms with Crippen molar-refractivity contribution in [2.24, 2.45) is 11.8 Å². The molecule has 8 nitrogen and oxygen atoms in total. The molecule has 1 saturated heterocycles. The van der Waals surface area contributed by atoms with Crippen molar-refractivity contribution in [3.05, 3.63) is 33.9 Å². The number of nitro groups is 1. The van der Waals surface area contributed by atoms with E-state index in [0.29, 0.717) is 24.9 Å². The van der Waals surface area contributed by atoms with Crippen LogP contribution >= 0.6 is 0 Å². The molecular formula is C16H21N3O5. The van der Waals surface area contributed by atoms with Crippen LogP contribution in [0.25, 0.3) is 0 Å². The lowest BCUT2D eigenvalue weighted by Crippen LogP contribution is -2.44. The lowest BCUT2D eigenvalue weighted by Gasteiger charge is -2.34. The number of nitrogens with two attached hydrogens (primary N) is 1. The lowest BCUT2D eigenvalue weighted by atomic mass is 9.92. The second-order valence-electron chi connectivity index (χ2n) is 6.35. The Hall–Kier alpha value is -2.64. The first-order chi connectivity index (χ1) is 11.3. The second-order valence-corrected chi connectivity index (χ2v) is 6.35. The van der Waals surface area contributed by atoms with E-state index in [4.69, 9.17) is 10.5 Å². The fourth-order valence-corrected chi connectivity index (χ4v) is 3.00. The molecule has 1 amide bonds. The Bertz CT molecular complexity index is 651. The minimum absolute atomic E-state index is 0.0101. The maximum Gasteiger partial charge on any atom is 0.338 e. The van der Waals surface area contributed by atoms with Gasteiger partial charge in [-0.2, -0.15) is 0 Å². The Labute approximate surface area is 139 Å². The van der Waals surface area contributed by atoms with Gasteiger partial charge in [-0.3, -0.25) is 14.9 Å². The Kier molecular flexibility index (Phi) is 5.38. The number of ether oxygens (including phenoxy) is 1. The standard InChI is InChI=1S/C16H21N3O5/c1-10-5-11(2)8-18(7-10)15(20)9-24-16(21)12-3-4-13(17)14(6-12)19(22)23/h3-4,6,10-11H,5,7-9,17H2,1-2H3/t10-,11+. The number of nitrogen functional groups attached to an aromatic ring is 1. The summed E-state index contributed by atoms with van der Waals surface area (Å²) in [4.78, 5) is 36.0. The fourth-order valence-electron chi connectivity index (χ4n) is 3.00. The third kappa shape index (κ3) is 4.21. The molecule has 0 spiro atoms. The summed E-state index contributed by atoms with van der Waals surface area (Å²) >= 11 is 0. The normalized spacial score (nSPS) is 20.5. The van der Waals surface area contributed by atoms with E-state index < -0.39 is 10.9 Å². The molecule has 0 bridgehead atoms. The number of anilines is 1. The van der Waals surface area contributed by atoms with E-state index in [1.165, 1.54) is 12.1 Å². The molecule has 1 aliphatic heterocycles. The lowest BCUT2D eigenvalue weighted by molar-refractivity contribution is -0.383. The van der Waals surface area contributed by atoms with Crippen LogP contribution in [0.1, 0.15) is 30.6 Å². The molecule has 1 aliphatic rings. The highest BCUT2D eigenvalue weighted by atomic mass is 16.6. The SMILES string of the molecule is C[C@@H]1C[C@H](C)CN(C(=O)COC(=O)c2ccc(N)c([N+](=O)[O-])c2)C1. The van der Waals surface area contributed by atoms with Gasteiger partial charge in [0.1, 0.15) is 5.69 Å². The molecule has 0 unspecified atom stereocenters. The number of carbonyl (C=O) groups excluding carboxylic acids is 2. The van der Waals surface area contributed by atoms with E-state index in [0.717, 1.165) is 12.5 Å². The van der Waals surface area contributed by atoms with E-state index in [1.54, 1.807) is 4.90 Å². The van der Waals surface area contributed by atoms with Crippen LogP contribution in [0.15, 0.2) is 18.2 Å². The Morgan fingerprint density at radius 1 is 1.33 bits per heavy atom. The monoisotopic (exact) mass is 335 g/mol. The van der Waals surface area contributed by atoms with E-state index in [9.17, 15) is 19.7 Å². The van der Waals surface area contributed by atoms with Crippen LogP contribution in [0, 0.1) is 22.0 Å². The van der Waals surface area contributed by atoms with Gasteiger partial charge in [0.2, 0.25) is 0 Å². The second kappa shape index (κ2) is 7.29. The van der Waals surface area contributed by atoms with Crippen molar-refractivity contribution in [2.45, 2.75) is 20.3 Å². The van der Waals surface area contributed by atoms with E-state index in [1.807, 2.05) is 0 Å². The molecule has 0 aliphatic carbocycles. The average Bonchev–Trinajstić information content (AvgIpc) is 2.51. The summed E-state index contributed by atoms with van der Waals surface area (Å²) in [5, 5.41) is 10.8. The minimum Gasteiger partial charge on any atom is -0.452 e. The highest BCUT2D eigenvalue weighted by molar-refractivity contribution is 5.92. The summed E-state index contributed by atoms with van der Waals surface area (Å²) < 4.78 is 4.99. The predicted octanol–water partition coefficient (Wildman–Crippen LogP) is 1.84. The molecule has 0 aromatic heterocycles. The van der Waals surface area contributed by atoms with Crippen molar-refractivity contribution >= 4 is 23.3 Å². The van der Waals surface area contributed by atoms with Crippen molar-refractivity contribution < 1.29 is 19.2 Å². The first kappa shape index (κ1) is 17.7. The van der Waals surface area contributed by atoms with E-state index in [2.05, 4.69) is 13.8 Å². The molecule has 2 rings (SSSR count). The van der Waals surface area contributed by atoms with Gasteiger partial charge in [0.25, 0.3) is 11.6 Å². The Balaban J connectivity index is 1.96. The van der Waals surface area contributed by atoms with E-state index >= 15 is 0 Å².